The lowest BCUT2D eigenvalue weighted by atomic mass is 10.1. The van der Waals surface area contributed by atoms with Crippen molar-refractivity contribution in [3.8, 4) is 0 Å². The molecule has 0 amide bonds. The molecule has 1 aliphatic rings. The van der Waals surface area contributed by atoms with E-state index >= 15 is 0 Å². The minimum atomic E-state index is 0.357. The molecule has 78 valence electrons. The highest BCUT2D eigenvalue weighted by Crippen LogP contribution is 2.30. The Hall–Kier alpha value is 0.560. The first kappa shape index (κ1) is 11.6. The van der Waals surface area contributed by atoms with Crippen LogP contribution < -0.4 is 0 Å². The van der Waals surface area contributed by atoms with Crippen LogP contribution in [-0.2, 0) is 9.47 Å². The van der Waals surface area contributed by atoms with E-state index in [0.29, 0.717) is 24.5 Å². The number of rotatable bonds is 6. The van der Waals surface area contributed by atoms with Gasteiger partial charge in [-0.15, -0.1) is 11.6 Å². The maximum absolute atomic E-state index is 6.12. The smallest absolute Gasteiger partial charge is 0.0700 e. The lowest BCUT2D eigenvalue weighted by Gasteiger charge is -2.12. The van der Waals surface area contributed by atoms with Crippen molar-refractivity contribution < 1.29 is 9.47 Å². The fourth-order valence-electron chi connectivity index (χ4n) is 1.32. The molecule has 2 nitrogen and oxygen atoms in total. The van der Waals surface area contributed by atoms with E-state index in [4.69, 9.17) is 21.1 Å². The largest absolute Gasteiger partial charge is 0.382 e. The summed E-state index contributed by atoms with van der Waals surface area (Å²) < 4.78 is 10.3. The lowest BCUT2D eigenvalue weighted by molar-refractivity contribution is 0.0651. The Kier molecular flexibility index (Phi) is 6.20. The highest BCUT2D eigenvalue weighted by atomic mass is 35.5. The van der Waals surface area contributed by atoms with Gasteiger partial charge < -0.3 is 9.47 Å². The molecule has 1 fully saturated rings. The summed E-state index contributed by atoms with van der Waals surface area (Å²) in [4.78, 5) is 0. The van der Waals surface area contributed by atoms with E-state index in [1.807, 2.05) is 11.8 Å². The first-order chi connectivity index (χ1) is 6.34. The Morgan fingerprint density at radius 3 is 2.77 bits per heavy atom. The quantitative estimate of drug-likeness (QED) is 0.508. The van der Waals surface area contributed by atoms with Gasteiger partial charge >= 0.3 is 0 Å². The molecule has 0 saturated carbocycles. The van der Waals surface area contributed by atoms with E-state index < -0.39 is 0 Å². The second kappa shape index (κ2) is 6.93. The highest BCUT2D eigenvalue weighted by molar-refractivity contribution is 7.99. The van der Waals surface area contributed by atoms with E-state index in [1.54, 1.807) is 7.11 Å². The fourth-order valence-corrected chi connectivity index (χ4v) is 3.24. The number of ether oxygens (including phenoxy) is 2. The number of hydrogen-bond donors (Lipinski definition) is 0. The molecule has 1 heterocycles. The normalized spacial score (nSPS) is 28.2. The van der Waals surface area contributed by atoms with Gasteiger partial charge in [0.25, 0.3) is 0 Å². The molecule has 0 radical (unpaired) electrons. The molecule has 0 bridgehead atoms. The van der Waals surface area contributed by atoms with Crippen molar-refractivity contribution in [1.29, 1.82) is 0 Å². The molecular weight excluding hydrogens is 208 g/mol. The van der Waals surface area contributed by atoms with Crippen LogP contribution in [0, 0.1) is 5.92 Å². The summed E-state index contributed by atoms with van der Waals surface area (Å²) in [5, 5.41) is 0.357. The van der Waals surface area contributed by atoms with Gasteiger partial charge in [-0.05, 0) is 18.1 Å². The van der Waals surface area contributed by atoms with Gasteiger partial charge in [0.15, 0.2) is 0 Å². The van der Waals surface area contributed by atoms with Crippen molar-refractivity contribution in [2.75, 3.05) is 38.4 Å². The van der Waals surface area contributed by atoms with Crippen molar-refractivity contribution in [3.63, 3.8) is 0 Å². The van der Waals surface area contributed by atoms with Gasteiger partial charge in [-0.25, -0.2) is 0 Å². The molecule has 2 atom stereocenters. The fraction of sp³-hybridized carbons (Fsp3) is 1.00. The third-order valence-electron chi connectivity index (χ3n) is 2.19. The Morgan fingerprint density at radius 1 is 1.31 bits per heavy atom. The zero-order valence-electron chi connectivity index (χ0n) is 8.00. The average Bonchev–Trinajstić information content (AvgIpc) is 2.52. The molecule has 13 heavy (non-hydrogen) atoms. The summed E-state index contributed by atoms with van der Waals surface area (Å²) in [5.41, 5.74) is 0. The third kappa shape index (κ3) is 4.54. The molecule has 1 saturated heterocycles. The lowest BCUT2D eigenvalue weighted by Crippen LogP contribution is -2.15. The second-order valence-electron chi connectivity index (χ2n) is 3.21. The molecule has 0 aromatic carbocycles. The van der Waals surface area contributed by atoms with Gasteiger partial charge in [-0.2, -0.15) is 11.8 Å². The first-order valence-corrected chi connectivity index (χ1v) is 6.22. The molecule has 1 rings (SSSR count). The topological polar surface area (TPSA) is 18.5 Å². The molecule has 0 aromatic heterocycles. The van der Waals surface area contributed by atoms with Crippen molar-refractivity contribution >= 4 is 23.4 Å². The Balaban J connectivity index is 1.93. The monoisotopic (exact) mass is 224 g/mol. The van der Waals surface area contributed by atoms with Gasteiger partial charge in [-0.1, -0.05) is 0 Å². The maximum Gasteiger partial charge on any atom is 0.0700 e. The zero-order valence-corrected chi connectivity index (χ0v) is 9.57. The second-order valence-corrected chi connectivity index (χ2v) is 4.84. The summed E-state index contributed by atoms with van der Waals surface area (Å²) in [5.74, 6) is 2.95. The van der Waals surface area contributed by atoms with E-state index in [-0.39, 0.29) is 0 Å². The van der Waals surface area contributed by atoms with Gasteiger partial charge in [0.05, 0.1) is 13.2 Å². The molecule has 0 aliphatic carbocycles. The van der Waals surface area contributed by atoms with Crippen LogP contribution in [0.15, 0.2) is 0 Å². The van der Waals surface area contributed by atoms with E-state index in [9.17, 15) is 0 Å². The predicted octanol–water partition coefficient (Wildman–Crippen LogP) is 2.01. The minimum Gasteiger partial charge on any atom is -0.382 e. The number of thioether (sulfide) groups is 1. The summed E-state index contributed by atoms with van der Waals surface area (Å²) in [6.07, 6.45) is 1.09. The van der Waals surface area contributed by atoms with Crippen LogP contribution >= 0.6 is 23.4 Å². The van der Waals surface area contributed by atoms with Crippen LogP contribution in [0.5, 0.6) is 0 Å². The van der Waals surface area contributed by atoms with Crippen molar-refractivity contribution in [1.82, 2.24) is 0 Å². The highest BCUT2D eigenvalue weighted by Gasteiger charge is 2.25. The molecular formula is C9H17ClO2S. The summed E-state index contributed by atoms with van der Waals surface area (Å²) in [6, 6.07) is 0. The SMILES string of the molecule is COCCOCCC1CSCC1Cl. The minimum absolute atomic E-state index is 0.357. The zero-order chi connectivity index (χ0) is 9.52. The first-order valence-electron chi connectivity index (χ1n) is 4.63. The van der Waals surface area contributed by atoms with Gasteiger partial charge in [-0.3, -0.25) is 0 Å². The summed E-state index contributed by atoms with van der Waals surface area (Å²) >= 11 is 8.06. The van der Waals surface area contributed by atoms with Crippen molar-refractivity contribution in [2.45, 2.75) is 11.8 Å². The average molecular weight is 225 g/mol. The Morgan fingerprint density at radius 2 is 2.15 bits per heavy atom. The van der Waals surface area contributed by atoms with E-state index in [2.05, 4.69) is 0 Å². The molecule has 2 unspecified atom stereocenters. The molecule has 0 N–H and O–H groups in total. The van der Waals surface area contributed by atoms with E-state index in [1.165, 1.54) is 5.75 Å². The predicted molar refractivity (Wildman–Crippen MR) is 57.8 cm³/mol. The summed E-state index contributed by atoms with van der Waals surface area (Å²) in [6.45, 7) is 2.20. The molecule has 1 aliphatic heterocycles. The summed E-state index contributed by atoms with van der Waals surface area (Å²) in [7, 11) is 1.69. The van der Waals surface area contributed by atoms with Crippen molar-refractivity contribution in [2.24, 2.45) is 5.92 Å². The molecule has 0 aromatic rings. The van der Waals surface area contributed by atoms with Crippen LogP contribution in [-0.4, -0.2) is 43.8 Å². The Bertz CT molecular complexity index is 135. The van der Waals surface area contributed by atoms with Crippen molar-refractivity contribution in [3.05, 3.63) is 0 Å². The number of hydrogen-bond acceptors (Lipinski definition) is 3. The van der Waals surface area contributed by atoms with Gasteiger partial charge in [0, 0.05) is 24.8 Å². The number of halogens is 1. The Labute approximate surface area is 89.3 Å². The standard InChI is InChI=1S/C9H17ClO2S/c1-11-4-5-12-3-2-8-6-13-7-9(8)10/h8-9H,2-7H2,1H3. The van der Waals surface area contributed by atoms with Gasteiger partial charge in [0.2, 0.25) is 0 Å². The van der Waals surface area contributed by atoms with Crippen LogP contribution in [0.4, 0.5) is 0 Å². The van der Waals surface area contributed by atoms with Gasteiger partial charge in [0.1, 0.15) is 0 Å². The molecule has 0 spiro atoms. The number of alkyl halides is 1. The van der Waals surface area contributed by atoms with Crippen LogP contribution in [0.1, 0.15) is 6.42 Å². The third-order valence-corrected chi connectivity index (χ3v) is 4.14. The molecule has 4 heteroatoms. The van der Waals surface area contributed by atoms with Crippen LogP contribution in [0.25, 0.3) is 0 Å². The maximum atomic E-state index is 6.12. The van der Waals surface area contributed by atoms with E-state index in [0.717, 1.165) is 18.8 Å². The number of methoxy groups -OCH3 is 1. The van der Waals surface area contributed by atoms with Crippen LogP contribution in [0.3, 0.4) is 0 Å². The van der Waals surface area contributed by atoms with Crippen LogP contribution in [0.2, 0.25) is 0 Å².